The summed E-state index contributed by atoms with van der Waals surface area (Å²) in [6, 6.07) is 0. The molecule has 0 spiro atoms. The molecule has 0 saturated heterocycles. The van der Waals surface area contributed by atoms with Crippen LogP contribution in [0.4, 0.5) is 0 Å². The minimum Gasteiger partial charge on any atom is -0.321 e. The number of carbonyl (C=O) groups excluding carboxylic acids is 1. The Hall–Kier alpha value is -0.410. The lowest BCUT2D eigenvalue weighted by atomic mass is 10.3. The van der Waals surface area contributed by atoms with Crippen molar-refractivity contribution in [3.63, 3.8) is 0 Å². The SMILES string of the molecule is CCNCC[N+](C)(C)CC(C)=O. The Balaban J connectivity index is 3.63. The van der Waals surface area contributed by atoms with Gasteiger partial charge in [0.15, 0.2) is 5.78 Å². The van der Waals surface area contributed by atoms with Gasteiger partial charge in [0.1, 0.15) is 6.54 Å². The predicted octanol–water partition coefficient (Wildman–Crippen LogP) is 0.261. The second kappa shape index (κ2) is 5.27. The summed E-state index contributed by atoms with van der Waals surface area (Å²) in [5.74, 6) is 0.261. The van der Waals surface area contributed by atoms with E-state index < -0.39 is 0 Å². The molecule has 0 aliphatic carbocycles. The van der Waals surface area contributed by atoms with E-state index in [0.29, 0.717) is 6.54 Å². The third kappa shape index (κ3) is 6.31. The van der Waals surface area contributed by atoms with Crippen molar-refractivity contribution in [1.29, 1.82) is 0 Å². The first-order valence-electron chi connectivity index (χ1n) is 4.50. The second-order valence-corrected chi connectivity index (χ2v) is 3.87. The number of hydrogen-bond donors (Lipinski definition) is 1. The van der Waals surface area contributed by atoms with Crippen molar-refractivity contribution < 1.29 is 9.28 Å². The maximum absolute atomic E-state index is 10.9. The quantitative estimate of drug-likeness (QED) is 0.461. The highest BCUT2D eigenvalue weighted by Gasteiger charge is 2.15. The van der Waals surface area contributed by atoms with Gasteiger partial charge < -0.3 is 9.80 Å². The van der Waals surface area contributed by atoms with E-state index in [2.05, 4.69) is 26.3 Å². The average molecular weight is 173 g/mol. The molecule has 12 heavy (non-hydrogen) atoms. The van der Waals surface area contributed by atoms with Gasteiger partial charge in [-0.1, -0.05) is 6.92 Å². The maximum Gasteiger partial charge on any atom is 0.183 e. The van der Waals surface area contributed by atoms with Crippen LogP contribution in [0.25, 0.3) is 0 Å². The minimum absolute atomic E-state index is 0.261. The van der Waals surface area contributed by atoms with Gasteiger partial charge >= 0.3 is 0 Å². The Morgan fingerprint density at radius 1 is 1.42 bits per heavy atom. The normalized spacial score (nSPS) is 11.7. The Morgan fingerprint density at radius 3 is 2.42 bits per heavy atom. The maximum atomic E-state index is 10.9. The molecule has 0 fully saturated rings. The van der Waals surface area contributed by atoms with E-state index in [-0.39, 0.29) is 5.78 Å². The van der Waals surface area contributed by atoms with Crippen LogP contribution in [0.1, 0.15) is 13.8 Å². The van der Waals surface area contributed by atoms with Gasteiger partial charge in [0.05, 0.1) is 20.6 Å². The Kier molecular flexibility index (Phi) is 5.09. The monoisotopic (exact) mass is 173 g/mol. The first-order valence-corrected chi connectivity index (χ1v) is 4.50. The van der Waals surface area contributed by atoms with Gasteiger partial charge in [0.25, 0.3) is 0 Å². The fourth-order valence-corrected chi connectivity index (χ4v) is 1.24. The highest BCUT2D eigenvalue weighted by molar-refractivity contribution is 5.76. The van der Waals surface area contributed by atoms with E-state index >= 15 is 0 Å². The van der Waals surface area contributed by atoms with Crippen LogP contribution in [-0.4, -0.2) is 50.5 Å². The molecule has 3 nitrogen and oxygen atoms in total. The minimum atomic E-state index is 0.261. The number of Topliss-reactive ketones (excluding diaryl/α,β-unsaturated/α-hetero) is 1. The molecule has 0 atom stereocenters. The number of nitrogens with one attached hydrogen (secondary N) is 1. The van der Waals surface area contributed by atoms with E-state index in [0.717, 1.165) is 24.1 Å². The molecule has 3 heteroatoms. The highest BCUT2D eigenvalue weighted by atomic mass is 16.1. The molecule has 0 amide bonds. The van der Waals surface area contributed by atoms with Gasteiger partial charge in [-0.3, -0.25) is 4.79 Å². The number of nitrogens with zero attached hydrogens (tertiary/aromatic N) is 1. The number of rotatable bonds is 6. The topological polar surface area (TPSA) is 29.1 Å². The van der Waals surface area contributed by atoms with Crippen LogP contribution in [0.3, 0.4) is 0 Å². The molecule has 0 bridgehead atoms. The third-order valence-electron chi connectivity index (χ3n) is 1.79. The van der Waals surface area contributed by atoms with Crippen LogP contribution in [0.15, 0.2) is 0 Å². The van der Waals surface area contributed by atoms with Gasteiger partial charge in [-0.15, -0.1) is 0 Å². The molecule has 1 N–H and O–H groups in total. The van der Waals surface area contributed by atoms with Crippen LogP contribution in [-0.2, 0) is 4.79 Å². The Morgan fingerprint density at radius 2 is 2.00 bits per heavy atom. The summed E-state index contributed by atoms with van der Waals surface area (Å²) in [5.41, 5.74) is 0. The summed E-state index contributed by atoms with van der Waals surface area (Å²) < 4.78 is 0.780. The molecule has 0 radical (unpaired) electrons. The zero-order valence-corrected chi connectivity index (χ0v) is 8.68. The van der Waals surface area contributed by atoms with Crippen molar-refractivity contribution in [3.8, 4) is 0 Å². The van der Waals surface area contributed by atoms with Gasteiger partial charge in [0, 0.05) is 13.5 Å². The van der Waals surface area contributed by atoms with Gasteiger partial charge in [-0.25, -0.2) is 0 Å². The molecule has 0 aliphatic heterocycles. The molecule has 72 valence electrons. The van der Waals surface area contributed by atoms with Crippen LogP contribution in [0.2, 0.25) is 0 Å². The lowest BCUT2D eigenvalue weighted by Gasteiger charge is -2.28. The lowest BCUT2D eigenvalue weighted by Crippen LogP contribution is -2.47. The summed E-state index contributed by atoms with van der Waals surface area (Å²) in [6.07, 6.45) is 0. The van der Waals surface area contributed by atoms with Crippen LogP contribution >= 0.6 is 0 Å². The first kappa shape index (κ1) is 11.6. The van der Waals surface area contributed by atoms with E-state index in [4.69, 9.17) is 0 Å². The van der Waals surface area contributed by atoms with Gasteiger partial charge in [0.2, 0.25) is 0 Å². The fourth-order valence-electron chi connectivity index (χ4n) is 1.24. The standard InChI is InChI=1S/C9H21N2O/c1-5-10-6-7-11(3,4)8-9(2)12/h10H,5-8H2,1-4H3/q+1. The molecule has 0 saturated carbocycles. The summed E-state index contributed by atoms with van der Waals surface area (Å²) >= 11 is 0. The largest absolute Gasteiger partial charge is 0.321 e. The van der Waals surface area contributed by atoms with Crippen molar-refractivity contribution in [2.45, 2.75) is 13.8 Å². The van der Waals surface area contributed by atoms with Crippen molar-refractivity contribution in [2.75, 3.05) is 40.3 Å². The molecule has 0 rings (SSSR count). The molecule has 0 unspecified atom stereocenters. The number of likely N-dealkylation sites (N-methyl/N-ethyl adjacent to an activating group) is 2. The number of hydrogen-bond acceptors (Lipinski definition) is 2. The predicted molar refractivity (Wildman–Crippen MR) is 51.1 cm³/mol. The zero-order valence-electron chi connectivity index (χ0n) is 8.68. The number of ketones is 1. The molecular weight excluding hydrogens is 152 g/mol. The third-order valence-corrected chi connectivity index (χ3v) is 1.79. The van der Waals surface area contributed by atoms with Crippen molar-refractivity contribution >= 4 is 5.78 Å². The zero-order chi connectivity index (χ0) is 9.61. The van der Waals surface area contributed by atoms with E-state index in [1.165, 1.54) is 0 Å². The van der Waals surface area contributed by atoms with Crippen LogP contribution in [0.5, 0.6) is 0 Å². The highest BCUT2D eigenvalue weighted by Crippen LogP contribution is 1.94. The smallest absolute Gasteiger partial charge is 0.183 e. The van der Waals surface area contributed by atoms with Crippen molar-refractivity contribution in [2.24, 2.45) is 0 Å². The molecule has 0 aromatic heterocycles. The summed E-state index contributed by atoms with van der Waals surface area (Å²) in [6.45, 7) is 7.36. The number of carbonyl (C=O) groups is 1. The van der Waals surface area contributed by atoms with Crippen molar-refractivity contribution in [1.82, 2.24) is 5.32 Å². The van der Waals surface area contributed by atoms with Crippen LogP contribution < -0.4 is 5.32 Å². The first-order chi connectivity index (χ1) is 5.48. The van der Waals surface area contributed by atoms with E-state index in [1.54, 1.807) is 6.92 Å². The second-order valence-electron chi connectivity index (χ2n) is 3.87. The van der Waals surface area contributed by atoms with Gasteiger partial charge in [-0.05, 0) is 6.54 Å². The summed E-state index contributed by atoms with van der Waals surface area (Å²) in [4.78, 5) is 10.9. The van der Waals surface area contributed by atoms with Gasteiger partial charge in [-0.2, -0.15) is 0 Å². The van der Waals surface area contributed by atoms with Crippen LogP contribution in [0, 0.1) is 0 Å². The van der Waals surface area contributed by atoms with E-state index in [1.807, 2.05) is 0 Å². The lowest BCUT2D eigenvalue weighted by molar-refractivity contribution is -0.881. The molecule has 0 heterocycles. The van der Waals surface area contributed by atoms with Crippen molar-refractivity contribution in [3.05, 3.63) is 0 Å². The Labute approximate surface area is 75.3 Å². The summed E-state index contributed by atoms with van der Waals surface area (Å²) in [5, 5.41) is 3.25. The summed E-state index contributed by atoms with van der Waals surface area (Å²) in [7, 11) is 4.16. The Bertz CT molecular complexity index is 143. The number of quaternary nitrogens is 1. The molecular formula is C9H21N2O+. The average Bonchev–Trinajstić information content (AvgIpc) is 1.84. The fraction of sp³-hybridized carbons (Fsp3) is 0.889. The van der Waals surface area contributed by atoms with E-state index in [9.17, 15) is 4.79 Å². The molecule has 0 aliphatic rings. The molecule has 0 aromatic carbocycles. The molecule has 0 aromatic rings.